The zero-order valence-electron chi connectivity index (χ0n) is 20.6. The van der Waals surface area contributed by atoms with Crippen molar-refractivity contribution < 1.29 is 19.0 Å². The summed E-state index contributed by atoms with van der Waals surface area (Å²) >= 11 is 0. The molecule has 1 aliphatic heterocycles. The molecule has 0 spiro atoms. The number of fused-ring (bicyclic) bond motifs is 3. The van der Waals surface area contributed by atoms with Gasteiger partial charge in [0.05, 0.1) is 19.8 Å². The number of aromatic nitrogens is 1. The zero-order valence-corrected chi connectivity index (χ0v) is 20.6. The average Bonchev–Trinajstić information content (AvgIpc) is 3.51. The highest BCUT2D eigenvalue weighted by molar-refractivity contribution is 6.11. The molecule has 2 aliphatic rings. The Balaban J connectivity index is 1.34. The lowest BCUT2D eigenvalue weighted by molar-refractivity contribution is 0.0535. The summed E-state index contributed by atoms with van der Waals surface area (Å²) in [5.41, 5.74) is 6.02. The summed E-state index contributed by atoms with van der Waals surface area (Å²) in [6.07, 6.45) is 3.99. The first-order chi connectivity index (χ1) is 17.6. The molecule has 2 heterocycles. The van der Waals surface area contributed by atoms with E-state index in [0.717, 1.165) is 46.1 Å². The van der Waals surface area contributed by atoms with Gasteiger partial charge in [-0.15, -0.1) is 0 Å². The molecular weight excluding hydrogens is 452 g/mol. The largest absolute Gasteiger partial charge is 0.493 e. The Morgan fingerprint density at radius 1 is 0.944 bits per heavy atom. The molecule has 0 bridgehead atoms. The van der Waals surface area contributed by atoms with Crippen molar-refractivity contribution in [2.45, 2.75) is 32.4 Å². The minimum absolute atomic E-state index is 0.264. The van der Waals surface area contributed by atoms with Crippen molar-refractivity contribution in [1.82, 2.24) is 4.98 Å². The van der Waals surface area contributed by atoms with E-state index in [2.05, 4.69) is 36.5 Å². The van der Waals surface area contributed by atoms with Gasteiger partial charge >= 0.3 is 5.97 Å². The number of nitrogens with one attached hydrogen (secondary N) is 1. The number of nitrogens with zero attached hydrogens (tertiary/aromatic N) is 1. The molecule has 0 saturated heterocycles. The van der Waals surface area contributed by atoms with Crippen LogP contribution in [0, 0.1) is 5.92 Å². The number of ether oxygens (including phenoxy) is 3. The van der Waals surface area contributed by atoms with Crippen LogP contribution in [0.15, 0.2) is 60.8 Å². The van der Waals surface area contributed by atoms with Crippen molar-refractivity contribution in [1.29, 1.82) is 0 Å². The highest BCUT2D eigenvalue weighted by Crippen LogP contribution is 2.42. The lowest BCUT2D eigenvalue weighted by atomic mass is 9.91. The Bertz CT molecular complexity index is 1450. The zero-order chi connectivity index (χ0) is 24.8. The predicted molar refractivity (Wildman–Crippen MR) is 140 cm³/mol. The summed E-state index contributed by atoms with van der Waals surface area (Å²) in [4.78, 5) is 17.5. The minimum Gasteiger partial charge on any atom is -0.493 e. The quantitative estimate of drug-likeness (QED) is 0.352. The maximum Gasteiger partial charge on any atom is 0.339 e. The second-order valence-electron chi connectivity index (χ2n) is 9.59. The first-order valence-corrected chi connectivity index (χ1v) is 12.2. The molecule has 0 fully saturated rings. The van der Waals surface area contributed by atoms with Crippen molar-refractivity contribution in [3.63, 3.8) is 0 Å². The number of rotatable bonds is 6. The van der Waals surface area contributed by atoms with Gasteiger partial charge in [-0.3, -0.25) is 0 Å². The van der Waals surface area contributed by atoms with Crippen LogP contribution in [0.25, 0.3) is 21.9 Å². The van der Waals surface area contributed by atoms with E-state index in [1.54, 1.807) is 14.2 Å². The predicted octanol–water partition coefficient (Wildman–Crippen LogP) is 5.80. The van der Waals surface area contributed by atoms with Crippen LogP contribution in [0.5, 0.6) is 11.5 Å². The van der Waals surface area contributed by atoms with E-state index in [-0.39, 0.29) is 18.6 Å². The molecule has 6 heteroatoms. The van der Waals surface area contributed by atoms with Gasteiger partial charge in [-0.05, 0) is 77.9 Å². The number of benzene rings is 3. The van der Waals surface area contributed by atoms with Crippen LogP contribution in [-0.4, -0.2) is 31.2 Å². The van der Waals surface area contributed by atoms with Gasteiger partial charge in [-0.25, -0.2) is 9.78 Å². The highest BCUT2D eigenvalue weighted by Gasteiger charge is 2.29. The number of anilines is 1. The Hall–Kier alpha value is -4.06. The first kappa shape index (κ1) is 22.4. The van der Waals surface area contributed by atoms with Crippen LogP contribution >= 0.6 is 0 Å². The molecule has 36 heavy (non-hydrogen) atoms. The summed E-state index contributed by atoms with van der Waals surface area (Å²) in [7, 11) is 3.22. The molecule has 1 aromatic heterocycles. The van der Waals surface area contributed by atoms with E-state index >= 15 is 0 Å². The molecule has 1 atom stereocenters. The fourth-order valence-corrected chi connectivity index (χ4v) is 5.57. The number of hydrogen-bond acceptors (Lipinski definition) is 6. The molecule has 4 aromatic rings. The lowest BCUT2D eigenvalue weighted by Crippen LogP contribution is -2.26. The Labute approximate surface area is 210 Å². The summed E-state index contributed by atoms with van der Waals surface area (Å²) in [5, 5.41) is 5.44. The van der Waals surface area contributed by atoms with Gasteiger partial charge in [0.1, 0.15) is 12.4 Å². The molecule has 3 aromatic carbocycles. The number of methoxy groups -OCH3 is 2. The van der Waals surface area contributed by atoms with Crippen LogP contribution in [0.4, 0.5) is 5.82 Å². The molecule has 1 aliphatic carbocycles. The topological polar surface area (TPSA) is 69.7 Å². The van der Waals surface area contributed by atoms with E-state index in [0.29, 0.717) is 23.0 Å². The maximum atomic E-state index is 12.7. The van der Waals surface area contributed by atoms with Crippen LogP contribution in [0.1, 0.15) is 34.0 Å². The second kappa shape index (κ2) is 8.86. The van der Waals surface area contributed by atoms with Crippen LogP contribution in [-0.2, 0) is 24.2 Å². The smallest absolute Gasteiger partial charge is 0.339 e. The van der Waals surface area contributed by atoms with Crippen LogP contribution in [0.2, 0.25) is 0 Å². The minimum atomic E-state index is -0.312. The normalized spacial score (nSPS) is 15.4. The molecule has 0 radical (unpaired) electrons. The summed E-state index contributed by atoms with van der Waals surface area (Å²) in [6.45, 7) is 2.49. The van der Waals surface area contributed by atoms with Gasteiger partial charge in [0.25, 0.3) is 0 Å². The van der Waals surface area contributed by atoms with E-state index in [1.807, 2.05) is 36.5 Å². The molecule has 1 N–H and O–H groups in total. The third kappa shape index (κ3) is 3.73. The van der Waals surface area contributed by atoms with E-state index in [1.165, 1.54) is 11.1 Å². The second-order valence-corrected chi connectivity index (χ2v) is 9.59. The van der Waals surface area contributed by atoms with Crippen molar-refractivity contribution in [3.05, 3.63) is 83.0 Å². The number of hydrogen-bond donors (Lipinski definition) is 1. The van der Waals surface area contributed by atoms with Gasteiger partial charge in [0, 0.05) is 28.9 Å². The van der Waals surface area contributed by atoms with Crippen molar-refractivity contribution >= 4 is 22.6 Å². The van der Waals surface area contributed by atoms with Crippen LogP contribution < -0.4 is 14.8 Å². The van der Waals surface area contributed by atoms with E-state index in [4.69, 9.17) is 19.2 Å². The molecular formula is C30H28N2O4. The third-order valence-electron chi connectivity index (χ3n) is 7.51. The molecule has 0 saturated carbocycles. The van der Waals surface area contributed by atoms with Crippen molar-refractivity contribution in [2.75, 3.05) is 19.5 Å². The summed E-state index contributed by atoms with van der Waals surface area (Å²) in [6, 6.07) is 18.8. The third-order valence-corrected chi connectivity index (χ3v) is 7.51. The number of carbonyl (C=O) groups is 1. The fourth-order valence-electron chi connectivity index (χ4n) is 5.57. The fraction of sp³-hybridized carbons (Fsp3) is 0.267. The van der Waals surface area contributed by atoms with Gasteiger partial charge in [-0.2, -0.15) is 0 Å². The molecule has 6 rings (SSSR count). The average molecular weight is 481 g/mol. The lowest BCUT2D eigenvalue weighted by Gasteiger charge is -2.21. The first-order valence-electron chi connectivity index (χ1n) is 12.2. The highest BCUT2D eigenvalue weighted by atomic mass is 16.5. The molecule has 1 unspecified atom stereocenters. The summed E-state index contributed by atoms with van der Waals surface area (Å²) < 4.78 is 16.4. The van der Waals surface area contributed by atoms with E-state index < -0.39 is 0 Å². The Morgan fingerprint density at radius 3 is 2.33 bits per heavy atom. The molecule has 182 valence electrons. The Kier molecular flexibility index (Phi) is 5.52. The molecule has 0 amide bonds. The number of pyridine rings is 1. The van der Waals surface area contributed by atoms with Gasteiger partial charge in [0.15, 0.2) is 11.5 Å². The monoisotopic (exact) mass is 480 g/mol. The van der Waals surface area contributed by atoms with Gasteiger partial charge in [-0.1, -0.05) is 24.3 Å². The van der Waals surface area contributed by atoms with E-state index in [9.17, 15) is 4.79 Å². The SMILES string of the molecule is COc1cc2cc3c(c(-c4ccc(NC(C)C5Cc6ccccc6C5)nc4)c2cc1OC)C(=O)OC3. The maximum absolute atomic E-state index is 12.7. The van der Waals surface area contributed by atoms with Crippen molar-refractivity contribution in [3.8, 4) is 22.6 Å². The van der Waals surface area contributed by atoms with Gasteiger partial charge in [0.2, 0.25) is 0 Å². The molecule has 6 nitrogen and oxygen atoms in total. The summed E-state index contributed by atoms with van der Waals surface area (Å²) in [5.74, 6) is 2.29. The van der Waals surface area contributed by atoms with Gasteiger partial charge < -0.3 is 19.5 Å². The standard InChI is InChI=1S/C30H28N2O4/c1-17(21-10-18-6-4-5-7-19(18)11-21)32-27-9-8-20(15-31-27)28-24-14-26(35-3)25(34-2)13-22(24)12-23-16-36-30(33)29(23)28/h4-9,12-15,17,21H,10-11,16H2,1-3H3,(H,31,32). The number of esters is 1. The number of cyclic esters (lactones) is 1. The number of carbonyl (C=O) groups excluding carboxylic acids is 1. The Morgan fingerprint density at radius 2 is 1.67 bits per heavy atom. The van der Waals surface area contributed by atoms with Crippen molar-refractivity contribution in [2.24, 2.45) is 5.92 Å². The van der Waals surface area contributed by atoms with Crippen LogP contribution in [0.3, 0.4) is 0 Å².